The number of aliphatic hydroxyl groups excluding tert-OH is 1. The van der Waals surface area contributed by atoms with Gasteiger partial charge >= 0.3 is 5.97 Å². The van der Waals surface area contributed by atoms with E-state index >= 15 is 0 Å². The van der Waals surface area contributed by atoms with Crippen molar-refractivity contribution < 1.29 is 14.6 Å². The summed E-state index contributed by atoms with van der Waals surface area (Å²) < 4.78 is 4.84. The molecule has 1 N–H and O–H groups in total. The fraction of sp³-hybridized carbons (Fsp3) is 0.900. The quantitative estimate of drug-likeness (QED) is 0.621. The molecule has 0 aliphatic heterocycles. The van der Waals surface area contributed by atoms with Crippen molar-refractivity contribution in [3.63, 3.8) is 0 Å². The van der Waals surface area contributed by atoms with Gasteiger partial charge in [-0.25, -0.2) is 0 Å². The number of methoxy groups -OCH3 is 1. The van der Waals surface area contributed by atoms with Crippen molar-refractivity contribution in [2.45, 2.75) is 38.2 Å². The molecule has 0 aromatic rings. The van der Waals surface area contributed by atoms with Crippen LogP contribution in [0.2, 0.25) is 0 Å². The first-order valence-electron chi connectivity index (χ1n) is 4.95. The van der Waals surface area contributed by atoms with Gasteiger partial charge in [0.15, 0.2) is 0 Å². The van der Waals surface area contributed by atoms with E-state index in [0.717, 1.165) is 25.7 Å². The molecule has 2 aliphatic carbocycles. The number of carbonyl (C=O) groups excluding carboxylic acids is 1. The molecule has 2 saturated carbocycles. The third-order valence-electron chi connectivity index (χ3n) is 3.71. The Hall–Kier alpha value is -0.570. The highest BCUT2D eigenvalue weighted by atomic mass is 16.5. The number of fused-ring (bicyclic) bond motifs is 1. The van der Waals surface area contributed by atoms with Crippen LogP contribution in [0.25, 0.3) is 0 Å². The fourth-order valence-electron chi connectivity index (χ4n) is 3.14. The van der Waals surface area contributed by atoms with E-state index in [4.69, 9.17) is 4.74 Å². The van der Waals surface area contributed by atoms with Gasteiger partial charge in [-0.1, -0.05) is 6.42 Å². The molecule has 0 aromatic carbocycles. The molecule has 0 spiro atoms. The van der Waals surface area contributed by atoms with E-state index in [1.54, 1.807) is 0 Å². The minimum absolute atomic E-state index is 0.105. The first kappa shape index (κ1) is 9.00. The van der Waals surface area contributed by atoms with Gasteiger partial charge in [-0.05, 0) is 31.6 Å². The minimum atomic E-state index is -0.325. The molecule has 3 heteroatoms. The normalized spacial score (nSPS) is 43.2. The number of hydrogen-bond donors (Lipinski definition) is 1. The van der Waals surface area contributed by atoms with Gasteiger partial charge in [-0.15, -0.1) is 0 Å². The fourth-order valence-corrected chi connectivity index (χ4v) is 3.14. The summed E-state index contributed by atoms with van der Waals surface area (Å²) in [5.74, 6) is 0.265. The smallest absolute Gasteiger partial charge is 0.312 e. The highest BCUT2D eigenvalue weighted by Gasteiger charge is 2.55. The lowest BCUT2D eigenvalue weighted by molar-refractivity contribution is -0.154. The summed E-state index contributed by atoms with van der Waals surface area (Å²) in [5.41, 5.74) is -0.325. The number of ether oxygens (including phenoxy) is 1. The predicted molar refractivity (Wildman–Crippen MR) is 47.0 cm³/mol. The summed E-state index contributed by atoms with van der Waals surface area (Å²) in [6, 6.07) is 0. The SMILES string of the molecule is COC(=O)C12CCCC1C[C@@H](O)C2. The number of hydrogen-bond acceptors (Lipinski definition) is 3. The molecule has 0 radical (unpaired) electrons. The molecule has 0 aromatic heterocycles. The highest BCUT2D eigenvalue weighted by Crippen LogP contribution is 2.54. The van der Waals surface area contributed by atoms with E-state index in [9.17, 15) is 9.90 Å². The van der Waals surface area contributed by atoms with Crippen molar-refractivity contribution in [1.29, 1.82) is 0 Å². The van der Waals surface area contributed by atoms with Crippen molar-refractivity contribution in [1.82, 2.24) is 0 Å². The largest absolute Gasteiger partial charge is 0.469 e. The van der Waals surface area contributed by atoms with Gasteiger partial charge in [-0.3, -0.25) is 4.79 Å². The third kappa shape index (κ3) is 1.17. The van der Waals surface area contributed by atoms with Crippen molar-refractivity contribution >= 4 is 5.97 Å². The van der Waals surface area contributed by atoms with Crippen LogP contribution in [0.5, 0.6) is 0 Å². The molecule has 2 fully saturated rings. The van der Waals surface area contributed by atoms with Crippen LogP contribution >= 0.6 is 0 Å². The first-order chi connectivity index (χ1) is 6.19. The van der Waals surface area contributed by atoms with Crippen molar-refractivity contribution in [3.05, 3.63) is 0 Å². The van der Waals surface area contributed by atoms with Gasteiger partial charge < -0.3 is 9.84 Å². The van der Waals surface area contributed by atoms with E-state index in [2.05, 4.69) is 0 Å². The lowest BCUT2D eigenvalue weighted by atomic mass is 9.80. The Labute approximate surface area is 78.1 Å². The molecule has 2 aliphatic rings. The maximum absolute atomic E-state index is 11.6. The molecule has 74 valence electrons. The summed E-state index contributed by atoms with van der Waals surface area (Å²) in [4.78, 5) is 11.6. The average Bonchev–Trinajstić information content (AvgIpc) is 2.59. The van der Waals surface area contributed by atoms with Gasteiger partial charge in [0.05, 0.1) is 18.6 Å². The van der Waals surface area contributed by atoms with E-state index in [-0.39, 0.29) is 17.5 Å². The third-order valence-corrected chi connectivity index (χ3v) is 3.71. The van der Waals surface area contributed by atoms with Crippen LogP contribution in [0.15, 0.2) is 0 Å². The van der Waals surface area contributed by atoms with Crippen LogP contribution in [-0.4, -0.2) is 24.3 Å². The second kappa shape index (κ2) is 2.98. The van der Waals surface area contributed by atoms with Crippen LogP contribution in [0.1, 0.15) is 32.1 Å². The van der Waals surface area contributed by atoms with E-state index in [1.807, 2.05) is 0 Å². The molecule has 2 rings (SSSR count). The van der Waals surface area contributed by atoms with Gasteiger partial charge in [0.2, 0.25) is 0 Å². The Balaban J connectivity index is 2.23. The van der Waals surface area contributed by atoms with Crippen molar-refractivity contribution in [2.24, 2.45) is 11.3 Å². The Morgan fingerprint density at radius 3 is 3.08 bits per heavy atom. The predicted octanol–water partition coefficient (Wildman–Crippen LogP) is 1.10. The number of rotatable bonds is 1. The van der Waals surface area contributed by atoms with E-state index in [0.29, 0.717) is 12.3 Å². The van der Waals surface area contributed by atoms with Crippen LogP contribution in [0.4, 0.5) is 0 Å². The van der Waals surface area contributed by atoms with Crippen LogP contribution in [-0.2, 0) is 9.53 Å². The van der Waals surface area contributed by atoms with Crippen molar-refractivity contribution in [2.75, 3.05) is 7.11 Å². The zero-order valence-corrected chi connectivity index (χ0v) is 7.95. The monoisotopic (exact) mass is 184 g/mol. The molecular weight excluding hydrogens is 168 g/mol. The molecule has 2 unspecified atom stereocenters. The standard InChI is InChI=1S/C10H16O3/c1-13-9(12)10-4-2-3-7(10)5-8(11)6-10/h7-8,11H,2-6H2,1H3/t7?,8-,10?/m1/s1. The van der Waals surface area contributed by atoms with Gasteiger partial charge in [0.1, 0.15) is 0 Å². The molecule has 13 heavy (non-hydrogen) atoms. The number of aliphatic hydroxyl groups is 1. The van der Waals surface area contributed by atoms with Crippen LogP contribution in [0.3, 0.4) is 0 Å². The van der Waals surface area contributed by atoms with E-state index in [1.165, 1.54) is 7.11 Å². The lowest BCUT2D eigenvalue weighted by Gasteiger charge is -2.25. The Morgan fingerprint density at radius 1 is 1.62 bits per heavy atom. The zero-order valence-electron chi connectivity index (χ0n) is 7.95. The average molecular weight is 184 g/mol. The Morgan fingerprint density at radius 2 is 2.38 bits per heavy atom. The summed E-state index contributed by atoms with van der Waals surface area (Å²) in [6.45, 7) is 0. The Bertz CT molecular complexity index is 226. The molecule has 0 saturated heterocycles. The maximum Gasteiger partial charge on any atom is 0.312 e. The molecular formula is C10H16O3. The zero-order chi connectivity index (χ0) is 9.47. The molecule has 0 amide bonds. The molecule has 3 nitrogen and oxygen atoms in total. The number of esters is 1. The lowest BCUT2D eigenvalue weighted by Crippen LogP contribution is -2.32. The first-order valence-corrected chi connectivity index (χ1v) is 4.95. The molecule has 0 heterocycles. The molecule has 3 atom stereocenters. The van der Waals surface area contributed by atoms with Crippen molar-refractivity contribution in [3.8, 4) is 0 Å². The Kier molecular flexibility index (Phi) is 2.06. The summed E-state index contributed by atoms with van der Waals surface area (Å²) in [5, 5.41) is 9.54. The van der Waals surface area contributed by atoms with Crippen LogP contribution < -0.4 is 0 Å². The second-order valence-electron chi connectivity index (χ2n) is 4.33. The maximum atomic E-state index is 11.6. The van der Waals surface area contributed by atoms with Crippen LogP contribution in [0, 0.1) is 11.3 Å². The van der Waals surface area contributed by atoms with Gasteiger partial charge in [0.25, 0.3) is 0 Å². The van der Waals surface area contributed by atoms with E-state index < -0.39 is 0 Å². The second-order valence-corrected chi connectivity index (χ2v) is 4.33. The molecule has 0 bridgehead atoms. The van der Waals surface area contributed by atoms with Gasteiger partial charge in [0, 0.05) is 0 Å². The number of carbonyl (C=O) groups is 1. The highest BCUT2D eigenvalue weighted by molar-refractivity contribution is 5.78. The summed E-state index contributed by atoms with van der Waals surface area (Å²) in [6.07, 6.45) is 4.20. The van der Waals surface area contributed by atoms with Gasteiger partial charge in [-0.2, -0.15) is 0 Å². The minimum Gasteiger partial charge on any atom is -0.469 e. The summed E-state index contributed by atoms with van der Waals surface area (Å²) in [7, 11) is 1.44. The summed E-state index contributed by atoms with van der Waals surface area (Å²) >= 11 is 0. The topological polar surface area (TPSA) is 46.5 Å².